The lowest BCUT2D eigenvalue weighted by atomic mass is 10.1. The molecule has 0 radical (unpaired) electrons. The van der Waals surface area contributed by atoms with E-state index in [1.54, 1.807) is 18.2 Å². The number of halogens is 1. The van der Waals surface area contributed by atoms with Crippen molar-refractivity contribution in [2.45, 2.75) is 17.7 Å². The Morgan fingerprint density at radius 2 is 1.97 bits per heavy atom. The van der Waals surface area contributed by atoms with Gasteiger partial charge in [0.2, 0.25) is 0 Å². The molecule has 5 aromatic rings. The molecule has 0 bridgehead atoms. The quantitative estimate of drug-likeness (QED) is 0.306. The van der Waals surface area contributed by atoms with Gasteiger partial charge in [0.1, 0.15) is 27.8 Å². The molecule has 1 N–H and O–H groups in total. The minimum atomic E-state index is -0.272. The van der Waals surface area contributed by atoms with Gasteiger partial charge < -0.3 is 4.98 Å². The molecule has 0 fully saturated rings. The van der Waals surface area contributed by atoms with E-state index in [0.29, 0.717) is 22.5 Å². The molecule has 5 rings (SSSR count). The third-order valence-corrected chi connectivity index (χ3v) is 6.71. The topological polar surface area (TPSA) is 71.5 Å². The Morgan fingerprint density at radius 1 is 1.13 bits per heavy atom. The number of hydrogen-bond acceptors (Lipinski definition) is 6. The van der Waals surface area contributed by atoms with Crippen molar-refractivity contribution in [2.75, 3.05) is 0 Å². The first kappa shape index (κ1) is 18.9. The Balaban J connectivity index is 1.53. The van der Waals surface area contributed by atoms with E-state index in [0.717, 1.165) is 31.9 Å². The van der Waals surface area contributed by atoms with Gasteiger partial charge in [0.05, 0.1) is 22.0 Å². The number of thiophene rings is 1. The van der Waals surface area contributed by atoms with E-state index in [-0.39, 0.29) is 11.4 Å². The Morgan fingerprint density at radius 3 is 2.80 bits per heavy atom. The molecule has 0 aliphatic heterocycles. The molecule has 0 saturated heterocycles. The summed E-state index contributed by atoms with van der Waals surface area (Å²) < 4.78 is 13.3. The van der Waals surface area contributed by atoms with Crippen LogP contribution in [0.1, 0.15) is 11.4 Å². The number of aromatic amines is 1. The number of nitrogens with zero attached hydrogens (tertiary/aromatic N) is 3. The largest absolute Gasteiger partial charge is 0.309 e. The van der Waals surface area contributed by atoms with E-state index < -0.39 is 0 Å². The molecule has 0 aliphatic carbocycles. The van der Waals surface area contributed by atoms with Crippen LogP contribution in [-0.4, -0.2) is 19.9 Å². The zero-order valence-corrected chi connectivity index (χ0v) is 17.5. The van der Waals surface area contributed by atoms with Crippen LogP contribution in [0, 0.1) is 12.7 Å². The van der Waals surface area contributed by atoms with Crippen molar-refractivity contribution in [2.24, 2.45) is 0 Å². The second kappa shape index (κ2) is 7.62. The van der Waals surface area contributed by atoms with Crippen molar-refractivity contribution in [1.29, 1.82) is 0 Å². The highest BCUT2D eigenvalue weighted by atomic mass is 32.2. The van der Waals surface area contributed by atoms with Gasteiger partial charge in [-0.3, -0.25) is 4.79 Å². The Labute approximate surface area is 179 Å². The van der Waals surface area contributed by atoms with Gasteiger partial charge in [0.15, 0.2) is 0 Å². The van der Waals surface area contributed by atoms with Crippen LogP contribution in [0.4, 0.5) is 4.39 Å². The average molecular weight is 435 g/mol. The molecule has 0 saturated carbocycles. The summed E-state index contributed by atoms with van der Waals surface area (Å²) in [5.74, 6) is 0.785. The van der Waals surface area contributed by atoms with E-state index in [1.807, 2.05) is 24.4 Å². The minimum Gasteiger partial charge on any atom is -0.309 e. The maximum atomic E-state index is 13.3. The fourth-order valence-corrected chi connectivity index (χ4v) is 5.22. The predicted octanol–water partition coefficient (Wildman–Crippen LogP) is 5.33. The number of aromatic nitrogens is 4. The number of H-pyrrole nitrogens is 1. The molecular weight excluding hydrogens is 419 g/mol. The fourth-order valence-electron chi connectivity index (χ4n) is 3.36. The molecule has 0 atom stereocenters. The second-order valence-corrected chi connectivity index (χ2v) is 8.61. The zero-order chi connectivity index (χ0) is 20.7. The standard InChI is InChI=1S/C22H15FN4OS2/c1-12-3-2-4-15-19(12)26-17(27-20(15)28)10-30-22-18-16(9-29-21(18)24-11-25-22)13-5-7-14(23)8-6-13/h2-9,11H,10H2,1H3,(H,26,27,28). The Bertz CT molecular complexity index is 1440. The van der Waals surface area contributed by atoms with E-state index in [4.69, 9.17) is 0 Å². The van der Waals surface area contributed by atoms with Crippen LogP contribution in [0.2, 0.25) is 0 Å². The molecular formula is C22H15FN4OS2. The molecule has 0 aliphatic rings. The number of hydrogen-bond donors (Lipinski definition) is 1. The zero-order valence-electron chi connectivity index (χ0n) is 15.8. The number of para-hydroxylation sites is 1. The molecule has 0 spiro atoms. The first-order chi connectivity index (χ1) is 14.6. The lowest BCUT2D eigenvalue weighted by molar-refractivity contribution is 0.628. The van der Waals surface area contributed by atoms with Gasteiger partial charge in [0.25, 0.3) is 5.56 Å². The van der Waals surface area contributed by atoms with E-state index in [1.165, 1.54) is 41.6 Å². The second-order valence-electron chi connectivity index (χ2n) is 6.79. The van der Waals surface area contributed by atoms with E-state index in [2.05, 4.69) is 19.9 Å². The van der Waals surface area contributed by atoms with Crippen LogP contribution in [-0.2, 0) is 5.75 Å². The molecule has 30 heavy (non-hydrogen) atoms. The van der Waals surface area contributed by atoms with Gasteiger partial charge in [-0.1, -0.05) is 36.0 Å². The third kappa shape index (κ3) is 3.38. The van der Waals surface area contributed by atoms with E-state index >= 15 is 0 Å². The first-order valence-corrected chi connectivity index (χ1v) is 11.1. The monoisotopic (exact) mass is 434 g/mol. The van der Waals surface area contributed by atoms with Crippen LogP contribution in [0.5, 0.6) is 0 Å². The van der Waals surface area contributed by atoms with Crippen molar-refractivity contribution in [3.05, 3.63) is 81.7 Å². The van der Waals surface area contributed by atoms with Crippen LogP contribution in [0.15, 0.2) is 64.0 Å². The highest BCUT2D eigenvalue weighted by Gasteiger charge is 2.15. The van der Waals surface area contributed by atoms with Crippen LogP contribution < -0.4 is 5.56 Å². The predicted molar refractivity (Wildman–Crippen MR) is 119 cm³/mol. The molecule has 0 unspecified atom stereocenters. The number of rotatable bonds is 4. The highest BCUT2D eigenvalue weighted by molar-refractivity contribution is 7.98. The summed E-state index contributed by atoms with van der Waals surface area (Å²) in [6.07, 6.45) is 1.54. The average Bonchev–Trinajstić information content (AvgIpc) is 3.18. The van der Waals surface area contributed by atoms with Gasteiger partial charge in [-0.15, -0.1) is 11.3 Å². The minimum absolute atomic E-state index is 0.144. The first-order valence-electron chi connectivity index (χ1n) is 9.19. The van der Waals surface area contributed by atoms with Crippen molar-refractivity contribution in [3.8, 4) is 11.1 Å². The normalized spacial score (nSPS) is 11.4. The lowest BCUT2D eigenvalue weighted by Gasteiger charge is -2.07. The summed E-state index contributed by atoms with van der Waals surface area (Å²) in [4.78, 5) is 29.7. The SMILES string of the molecule is Cc1cccc2c(=O)[nH]c(CSc3ncnc4scc(-c5ccc(F)cc5)c34)nc12. The van der Waals surface area contributed by atoms with Crippen molar-refractivity contribution in [3.63, 3.8) is 0 Å². The Hall–Kier alpha value is -3.10. The fraction of sp³-hybridized carbons (Fsp3) is 0.0909. The smallest absolute Gasteiger partial charge is 0.258 e. The van der Waals surface area contributed by atoms with E-state index in [9.17, 15) is 9.18 Å². The maximum absolute atomic E-state index is 13.3. The molecule has 5 nitrogen and oxygen atoms in total. The van der Waals surface area contributed by atoms with Crippen LogP contribution >= 0.6 is 23.1 Å². The molecule has 2 aromatic carbocycles. The molecule has 3 aromatic heterocycles. The van der Waals surface area contributed by atoms with Gasteiger partial charge in [-0.25, -0.2) is 19.3 Å². The molecule has 3 heterocycles. The Kier molecular flexibility index (Phi) is 4.80. The summed E-state index contributed by atoms with van der Waals surface area (Å²) in [5, 5.41) is 4.33. The summed E-state index contributed by atoms with van der Waals surface area (Å²) in [6, 6.07) is 12.0. The molecule has 0 amide bonds. The van der Waals surface area contributed by atoms with Gasteiger partial charge in [-0.05, 0) is 36.2 Å². The van der Waals surface area contributed by atoms with Crippen LogP contribution in [0.25, 0.3) is 32.2 Å². The van der Waals surface area contributed by atoms with Crippen LogP contribution in [0.3, 0.4) is 0 Å². The van der Waals surface area contributed by atoms with Gasteiger partial charge >= 0.3 is 0 Å². The van der Waals surface area contributed by atoms with Crippen molar-refractivity contribution >= 4 is 44.2 Å². The van der Waals surface area contributed by atoms with Crippen molar-refractivity contribution < 1.29 is 4.39 Å². The maximum Gasteiger partial charge on any atom is 0.258 e. The summed E-state index contributed by atoms with van der Waals surface area (Å²) >= 11 is 3.02. The van der Waals surface area contributed by atoms with Gasteiger partial charge in [0, 0.05) is 10.9 Å². The lowest BCUT2D eigenvalue weighted by Crippen LogP contribution is -2.11. The summed E-state index contributed by atoms with van der Waals surface area (Å²) in [5.41, 5.74) is 3.41. The van der Waals surface area contributed by atoms with Crippen molar-refractivity contribution in [1.82, 2.24) is 19.9 Å². The number of nitrogens with one attached hydrogen (secondary N) is 1. The summed E-state index contributed by atoms with van der Waals surface area (Å²) in [6.45, 7) is 1.94. The number of thioether (sulfide) groups is 1. The van der Waals surface area contributed by atoms with Gasteiger partial charge in [-0.2, -0.15) is 0 Å². The highest BCUT2D eigenvalue weighted by Crippen LogP contribution is 2.38. The molecule has 148 valence electrons. The number of fused-ring (bicyclic) bond motifs is 2. The number of aryl methyl sites for hydroxylation is 1. The summed E-state index contributed by atoms with van der Waals surface area (Å²) in [7, 11) is 0. The molecule has 8 heteroatoms. The number of benzene rings is 2. The third-order valence-electron chi connectivity index (χ3n) is 4.82.